The van der Waals surface area contributed by atoms with Gasteiger partial charge in [-0.3, -0.25) is 4.79 Å². The standard InChI is InChI=1S/C14H24N4O2/c1-9(2)13-16-7-11(15-4)12(17-13)14(19)18(5)10(3)8-20-6/h7,9-10,15H,8H2,1-6H3. The summed E-state index contributed by atoms with van der Waals surface area (Å²) in [6.45, 7) is 6.42. The number of nitrogens with one attached hydrogen (secondary N) is 1. The number of ether oxygens (including phenoxy) is 1. The minimum atomic E-state index is -0.136. The first kappa shape index (κ1) is 16.4. The van der Waals surface area contributed by atoms with Gasteiger partial charge in [-0.2, -0.15) is 0 Å². The van der Waals surface area contributed by atoms with Crippen LogP contribution < -0.4 is 5.32 Å². The molecule has 6 nitrogen and oxygen atoms in total. The number of nitrogens with zero attached hydrogens (tertiary/aromatic N) is 3. The summed E-state index contributed by atoms with van der Waals surface area (Å²) in [6, 6.07) is -0.0188. The molecule has 0 bridgehead atoms. The van der Waals surface area contributed by atoms with E-state index in [0.29, 0.717) is 23.8 Å². The number of hydrogen-bond acceptors (Lipinski definition) is 5. The molecule has 0 radical (unpaired) electrons. The lowest BCUT2D eigenvalue weighted by molar-refractivity contribution is 0.0628. The normalized spacial score (nSPS) is 12.3. The molecule has 20 heavy (non-hydrogen) atoms. The Morgan fingerprint density at radius 1 is 1.45 bits per heavy atom. The molecule has 1 aromatic rings. The van der Waals surface area contributed by atoms with Crippen LogP contribution in [0, 0.1) is 0 Å². The van der Waals surface area contributed by atoms with Gasteiger partial charge in [0.05, 0.1) is 24.5 Å². The van der Waals surface area contributed by atoms with Gasteiger partial charge < -0.3 is 15.0 Å². The zero-order valence-corrected chi connectivity index (χ0v) is 13.1. The van der Waals surface area contributed by atoms with Crippen LogP contribution in [0.2, 0.25) is 0 Å². The van der Waals surface area contributed by atoms with E-state index in [1.165, 1.54) is 0 Å². The monoisotopic (exact) mass is 280 g/mol. The van der Waals surface area contributed by atoms with Crippen LogP contribution in [0.25, 0.3) is 0 Å². The van der Waals surface area contributed by atoms with Crippen molar-refractivity contribution >= 4 is 11.6 Å². The molecule has 1 atom stereocenters. The van der Waals surface area contributed by atoms with Crippen molar-refractivity contribution in [3.63, 3.8) is 0 Å². The third-order valence-electron chi connectivity index (χ3n) is 3.19. The summed E-state index contributed by atoms with van der Waals surface area (Å²) in [6.07, 6.45) is 1.66. The van der Waals surface area contributed by atoms with Gasteiger partial charge in [0.1, 0.15) is 5.82 Å². The van der Waals surface area contributed by atoms with Crippen molar-refractivity contribution in [2.24, 2.45) is 0 Å². The van der Waals surface area contributed by atoms with Crippen LogP contribution in [0.4, 0.5) is 5.69 Å². The van der Waals surface area contributed by atoms with Gasteiger partial charge in [-0.1, -0.05) is 13.8 Å². The van der Waals surface area contributed by atoms with E-state index < -0.39 is 0 Å². The summed E-state index contributed by atoms with van der Waals surface area (Å²) in [7, 11) is 5.13. The van der Waals surface area contributed by atoms with Crippen molar-refractivity contribution in [2.75, 3.05) is 33.1 Å². The van der Waals surface area contributed by atoms with E-state index >= 15 is 0 Å². The molecular weight excluding hydrogens is 256 g/mol. The Kier molecular flexibility index (Phi) is 5.88. The lowest BCUT2D eigenvalue weighted by Gasteiger charge is -2.25. The van der Waals surface area contributed by atoms with Gasteiger partial charge in [0.15, 0.2) is 5.69 Å². The predicted octanol–water partition coefficient (Wildman–Crippen LogP) is 1.75. The Labute approximate surface area is 120 Å². The van der Waals surface area contributed by atoms with Gasteiger partial charge in [0.2, 0.25) is 0 Å². The highest BCUT2D eigenvalue weighted by Crippen LogP contribution is 2.18. The minimum Gasteiger partial charge on any atom is -0.385 e. The number of likely N-dealkylation sites (N-methyl/N-ethyl adjacent to an activating group) is 1. The Hall–Kier alpha value is -1.69. The van der Waals surface area contributed by atoms with Crippen LogP contribution in [0.15, 0.2) is 6.20 Å². The largest absolute Gasteiger partial charge is 0.385 e. The van der Waals surface area contributed by atoms with E-state index in [1.807, 2.05) is 20.8 Å². The molecule has 0 saturated heterocycles. The van der Waals surface area contributed by atoms with E-state index in [0.717, 1.165) is 0 Å². The van der Waals surface area contributed by atoms with Crippen molar-refractivity contribution in [1.29, 1.82) is 0 Å². The second kappa shape index (κ2) is 7.19. The first-order valence-electron chi connectivity index (χ1n) is 6.73. The molecule has 0 aliphatic heterocycles. The minimum absolute atomic E-state index is 0.0188. The zero-order valence-electron chi connectivity index (χ0n) is 13.1. The number of carbonyl (C=O) groups is 1. The molecule has 6 heteroatoms. The number of rotatable bonds is 6. The van der Waals surface area contributed by atoms with Crippen molar-refractivity contribution in [2.45, 2.75) is 32.7 Å². The van der Waals surface area contributed by atoms with Crippen LogP contribution in [0.3, 0.4) is 0 Å². The van der Waals surface area contributed by atoms with Gasteiger partial charge in [0.25, 0.3) is 5.91 Å². The maximum Gasteiger partial charge on any atom is 0.274 e. The van der Waals surface area contributed by atoms with Crippen molar-refractivity contribution in [3.05, 3.63) is 17.7 Å². The molecule has 0 fully saturated rings. The molecule has 0 aliphatic carbocycles. The predicted molar refractivity (Wildman–Crippen MR) is 79.1 cm³/mol. The SMILES string of the molecule is CNc1cnc(C(C)C)nc1C(=O)N(C)C(C)COC. The number of methoxy groups -OCH3 is 1. The summed E-state index contributed by atoms with van der Waals surface area (Å²) in [5.74, 6) is 0.706. The average Bonchev–Trinajstić information content (AvgIpc) is 2.45. The van der Waals surface area contributed by atoms with Crippen LogP contribution >= 0.6 is 0 Å². The van der Waals surface area contributed by atoms with Gasteiger partial charge in [-0.15, -0.1) is 0 Å². The van der Waals surface area contributed by atoms with Crippen molar-refractivity contribution < 1.29 is 9.53 Å². The third kappa shape index (κ3) is 3.66. The van der Waals surface area contributed by atoms with Crippen molar-refractivity contribution in [1.82, 2.24) is 14.9 Å². The van der Waals surface area contributed by atoms with Crippen LogP contribution in [0.5, 0.6) is 0 Å². The fourth-order valence-electron chi connectivity index (χ4n) is 1.74. The Balaban J connectivity index is 3.09. The molecule has 0 aliphatic rings. The smallest absolute Gasteiger partial charge is 0.274 e. The third-order valence-corrected chi connectivity index (χ3v) is 3.19. The number of carbonyl (C=O) groups excluding carboxylic acids is 1. The fourth-order valence-corrected chi connectivity index (χ4v) is 1.74. The molecule has 1 rings (SSSR count). The number of anilines is 1. The van der Waals surface area contributed by atoms with E-state index in [-0.39, 0.29) is 17.9 Å². The van der Waals surface area contributed by atoms with Gasteiger partial charge in [0, 0.05) is 27.1 Å². The van der Waals surface area contributed by atoms with Gasteiger partial charge in [-0.05, 0) is 6.92 Å². The van der Waals surface area contributed by atoms with Crippen molar-refractivity contribution in [3.8, 4) is 0 Å². The highest BCUT2D eigenvalue weighted by molar-refractivity contribution is 5.97. The summed E-state index contributed by atoms with van der Waals surface area (Å²) in [4.78, 5) is 22.9. The van der Waals surface area contributed by atoms with Gasteiger partial charge >= 0.3 is 0 Å². The zero-order chi connectivity index (χ0) is 15.3. The summed E-state index contributed by atoms with van der Waals surface area (Å²) in [5, 5.41) is 2.96. The number of hydrogen-bond donors (Lipinski definition) is 1. The van der Waals surface area contributed by atoms with E-state index in [1.54, 1.807) is 32.3 Å². The Bertz CT molecular complexity index is 462. The summed E-state index contributed by atoms with van der Waals surface area (Å²) < 4.78 is 5.09. The Morgan fingerprint density at radius 3 is 2.60 bits per heavy atom. The van der Waals surface area contributed by atoms with E-state index in [4.69, 9.17) is 4.74 Å². The maximum atomic E-state index is 12.6. The van der Waals surface area contributed by atoms with Crippen LogP contribution in [-0.2, 0) is 4.74 Å². The molecule has 0 saturated carbocycles. The van der Waals surface area contributed by atoms with Crippen LogP contribution in [-0.4, -0.2) is 54.6 Å². The Morgan fingerprint density at radius 2 is 2.10 bits per heavy atom. The quantitative estimate of drug-likeness (QED) is 0.860. The fraction of sp³-hybridized carbons (Fsp3) is 0.643. The molecule has 1 heterocycles. The summed E-state index contributed by atoms with van der Waals surface area (Å²) >= 11 is 0. The van der Waals surface area contributed by atoms with Crippen LogP contribution in [0.1, 0.15) is 43.0 Å². The van der Waals surface area contributed by atoms with E-state index in [9.17, 15) is 4.79 Å². The van der Waals surface area contributed by atoms with E-state index in [2.05, 4.69) is 15.3 Å². The highest BCUT2D eigenvalue weighted by Gasteiger charge is 2.22. The van der Waals surface area contributed by atoms with Gasteiger partial charge in [-0.25, -0.2) is 9.97 Å². The molecule has 112 valence electrons. The molecule has 1 unspecified atom stereocenters. The first-order chi connectivity index (χ1) is 9.42. The first-order valence-corrected chi connectivity index (χ1v) is 6.73. The summed E-state index contributed by atoms with van der Waals surface area (Å²) in [5.41, 5.74) is 1.03. The average molecular weight is 280 g/mol. The molecular formula is C14H24N4O2. The second-order valence-electron chi connectivity index (χ2n) is 5.12. The lowest BCUT2D eigenvalue weighted by Crippen LogP contribution is -2.38. The second-order valence-corrected chi connectivity index (χ2v) is 5.12. The molecule has 1 aromatic heterocycles. The molecule has 0 spiro atoms. The topological polar surface area (TPSA) is 67.4 Å². The maximum absolute atomic E-state index is 12.6. The molecule has 0 aromatic carbocycles. The molecule has 1 N–H and O–H groups in total. The number of amides is 1. The number of aromatic nitrogens is 2. The molecule has 1 amide bonds. The highest BCUT2D eigenvalue weighted by atomic mass is 16.5. The lowest BCUT2D eigenvalue weighted by atomic mass is 10.2.